The molecule has 4 rings (SSSR count). The van der Waals surface area contributed by atoms with Crippen molar-refractivity contribution < 1.29 is 4.79 Å². The smallest absolute Gasteiger partial charge is 0.254 e. The Kier molecular flexibility index (Phi) is 4.79. The molecule has 3 aromatic rings. The number of aryl methyl sites for hydroxylation is 1. The molecule has 0 unspecified atom stereocenters. The Bertz CT molecular complexity index is 1130. The lowest BCUT2D eigenvalue weighted by Gasteiger charge is -2.26. The van der Waals surface area contributed by atoms with Gasteiger partial charge in [0, 0.05) is 23.8 Å². The number of carbonyl (C=O) groups is 1. The number of carbonyl (C=O) groups excluding carboxylic acids is 1. The number of hydrogen-bond donors (Lipinski definition) is 1. The zero-order valence-corrected chi connectivity index (χ0v) is 17.9. The molecule has 0 saturated carbocycles. The maximum atomic E-state index is 12.8. The zero-order chi connectivity index (χ0) is 20.1. The van der Waals surface area contributed by atoms with E-state index in [0.29, 0.717) is 22.6 Å². The summed E-state index contributed by atoms with van der Waals surface area (Å²) in [6, 6.07) is 7.58. The van der Waals surface area contributed by atoms with Crippen molar-refractivity contribution in [3.63, 3.8) is 0 Å². The second kappa shape index (κ2) is 7.00. The minimum atomic E-state index is -0.300. The monoisotopic (exact) mass is 414 g/mol. The molecule has 146 valence electrons. The van der Waals surface area contributed by atoms with Crippen LogP contribution in [0.15, 0.2) is 34.2 Å². The molecule has 8 heteroatoms. The van der Waals surface area contributed by atoms with E-state index >= 15 is 0 Å². The van der Waals surface area contributed by atoms with Crippen LogP contribution in [-0.4, -0.2) is 26.2 Å². The second-order valence-corrected chi connectivity index (χ2v) is 10.1. The summed E-state index contributed by atoms with van der Waals surface area (Å²) in [5.41, 5.74) is 2.50. The van der Waals surface area contributed by atoms with Gasteiger partial charge in [-0.25, -0.2) is 9.97 Å². The summed E-state index contributed by atoms with van der Waals surface area (Å²) in [5.74, 6) is 0.183. The van der Waals surface area contributed by atoms with E-state index < -0.39 is 0 Å². The van der Waals surface area contributed by atoms with Gasteiger partial charge >= 0.3 is 0 Å². The van der Waals surface area contributed by atoms with E-state index in [4.69, 9.17) is 0 Å². The number of aromatic nitrogens is 3. The Morgan fingerprint density at radius 1 is 1.29 bits per heavy atom. The highest BCUT2D eigenvalue weighted by atomic mass is 32.2. The maximum absolute atomic E-state index is 12.8. The summed E-state index contributed by atoms with van der Waals surface area (Å²) < 4.78 is 2.66. The number of fused-ring (bicyclic) bond motifs is 2. The van der Waals surface area contributed by atoms with Crippen LogP contribution in [0.25, 0.3) is 10.2 Å². The van der Waals surface area contributed by atoms with Gasteiger partial charge in [-0.05, 0) is 18.6 Å². The van der Waals surface area contributed by atoms with Crippen LogP contribution in [0.5, 0.6) is 0 Å². The molecule has 1 amide bonds. The number of amides is 1. The summed E-state index contributed by atoms with van der Waals surface area (Å²) in [5, 5.41) is 4.22. The average molecular weight is 415 g/mol. The molecule has 6 nitrogen and oxygen atoms in total. The number of hydrogen-bond acceptors (Lipinski definition) is 6. The highest BCUT2D eigenvalue weighted by Gasteiger charge is 2.29. The van der Waals surface area contributed by atoms with Gasteiger partial charge < -0.3 is 5.32 Å². The molecular weight excluding hydrogens is 392 g/mol. The summed E-state index contributed by atoms with van der Waals surface area (Å²) in [7, 11) is 0. The molecule has 0 radical (unpaired) electrons. The SMILES string of the molecule is Cc1cccc2sc(NC(=O)[C@@H]3CSc4nc(C(C)(C)C)cc(=O)n4C3)nc12. The third kappa shape index (κ3) is 3.58. The zero-order valence-electron chi connectivity index (χ0n) is 16.3. The molecule has 0 spiro atoms. The van der Waals surface area contributed by atoms with Crippen LogP contribution in [0.4, 0.5) is 5.13 Å². The molecule has 1 atom stereocenters. The molecule has 1 aliphatic heterocycles. The van der Waals surface area contributed by atoms with Crippen LogP contribution in [0.1, 0.15) is 32.0 Å². The summed E-state index contributed by atoms with van der Waals surface area (Å²) in [6.45, 7) is 8.46. The van der Waals surface area contributed by atoms with Crippen molar-refractivity contribution >= 4 is 44.4 Å². The fourth-order valence-corrected chi connectivity index (χ4v) is 5.14. The number of nitrogens with zero attached hydrogens (tertiary/aromatic N) is 3. The standard InChI is InChI=1S/C20H22N4O2S2/c1-11-6-5-7-13-16(11)22-18(28-13)23-17(26)12-9-24-15(25)8-14(20(2,3)4)21-19(24)27-10-12/h5-8,12H,9-10H2,1-4H3,(H,22,23,26)/t12-/m0/s1. The first kappa shape index (κ1) is 19.1. The quantitative estimate of drug-likeness (QED) is 0.645. The molecule has 0 bridgehead atoms. The van der Waals surface area contributed by atoms with Crippen molar-refractivity contribution in [1.29, 1.82) is 0 Å². The van der Waals surface area contributed by atoms with E-state index in [2.05, 4.69) is 15.3 Å². The number of benzene rings is 1. The first-order valence-corrected chi connectivity index (χ1v) is 10.9. The lowest BCUT2D eigenvalue weighted by Crippen LogP contribution is -2.37. The molecule has 0 fully saturated rings. The molecule has 28 heavy (non-hydrogen) atoms. The van der Waals surface area contributed by atoms with Gasteiger partial charge in [-0.1, -0.05) is 56.0 Å². The Labute approximate surface area is 171 Å². The Hall–Kier alpha value is -2.19. The number of para-hydroxylation sites is 1. The van der Waals surface area contributed by atoms with E-state index in [9.17, 15) is 9.59 Å². The Morgan fingerprint density at radius 3 is 2.79 bits per heavy atom. The van der Waals surface area contributed by atoms with Gasteiger partial charge in [0.2, 0.25) is 5.91 Å². The first-order chi connectivity index (χ1) is 13.2. The highest BCUT2D eigenvalue weighted by molar-refractivity contribution is 7.99. The van der Waals surface area contributed by atoms with Crippen LogP contribution < -0.4 is 10.9 Å². The minimum Gasteiger partial charge on any atom is -0.302 e. The predicted octanol–water partition coefficient (Wildman–Crippen LogP) is 3.82. The third-order valence-corrected chi connectivity index (χ3v) is 6.85. The molecular formula is C20H22N4O2S2. The van der Waals surface area contributed by atoms with Crippen molar-refractivity contribution in [3.8, 4) is 0 Å². The number of rotatable bonds is 2. The van der Waals surface area contributed by atoms with E-state index in [-0.39, 0.29) is 22.8 Å². The van der Waals surface area contributed by atoms with Gasteiger partial charge in [0.15, 0.2) is 10.3 Å². The summed E-state index contributed by atoms with van der Waals surface area (Å²) >= 11 is 2.93. The lowest BCUT2D eigenvalue weighted by atomic mass is 9.92. The van der Waals surface area contributed by atoms with E-state index in [1.54, 1.807) is 10.6 Å². The average Bonchev–Trinajstić information content (AvgIpc) is 3.04. The van der Waals surface area contributed by atoms with Crippen molar-refractivity contribution in [3.05, 3.63) is 45.9 Å². The largest absolute Gasteiger partial charge is 0.302 e. The van der Waals surface area contributed by atoms with Crippen molar-refractivity contribution in [2.75, 3.05) is 11.1 Å². The van der Waals surface area contributed by atoms with Gasteiger partial charge in [0.25, 0.3) is 5.56 Å². The van der Waals surface area contributed by atoms with Crippen LogP contribution in [0.2, 0.25) is 0 Å². The number of thiazole rings is 1. The van der Waals surface area contributed by atoms with Gasteiger partial charge in [-0.15, -0.1) is 0 Å². The molecule has 0 aliphatic carbocycles. The van der Waals surface area contributed by atoms with E-state index in [1.165, 1.54) is 23.1 Å². The second-order valence-electron chi connectivity index (χ2n) is 8.06. The Morgan fingerprint density at radius 2 is 2.07 bits per heavy atom. The van der Waals surface area contributed by atoms with E-state index in [1.807, 2.05) is 45.9 Å². The van der Waals surface area contributed by atoms with Crippen molar-refractivity contribution in [2.24, 2.45) is 5.92 Å². The molecule has 1 N–H and O–H groups in total. The fourth-order valence-electron chi connectivity index (χ4n) is 3.10. The van der Waals surface area contributed by atoms with Gasteiger partial charge in [0.05, 0.1) is 21.8 Å². The summed E-state index contributed by atoms with van der Waals surface area (Å²) in [6.07, 6.45) is 0. The lowest BCUT2D eigenvalue weighted by molar-refractivity contribution is -0.119. The molecule has 3 heterocycles. The van der Waals surface area contributed by atoms with Crippen LogP contribution in [0, 0.1) is 12.8 Å². The van der Waals surface area contributed by atoms with Gasteiger partial charge in [0.1, 0.15) is 0 Å². The summed E-state index contributed by atoms with van der Waals surface area (Å²) in [4.78, 5) is 34.6. The fraction of sp³-hybridized carbons (Fsp3) is 0.400. The van der Waals surface area contributed by atoms with Crippen molar-refractivity contribution in [1.82, 2.24) is 14.5 Å². The first-order valence-electron chi connectivity index (χ1n) is 9.14. The van der Waals surface area contributed by atoms with Crippen LogP contribution >= 0.6 is 23.1 Å². The van der Waals surface area contributed by atoms with Gasteiger partial charge in [-0.2, -0.15) is 0 Å². The number of anilines is 1. The molecule has 2 aromatic heterocycles. The topological polar surface area (TPSA) is 76.9 Å². The van der Waals surface area contributed by atoms with E-state index in [0.717, 1.165) is 21.5 Å². The normalized spacial score (nSPS) is 16.8. The molecule has 1 aromatic carbocycles. The molecule has 0 saturated heterocycles. The number of nitrogens with one attached hydrogen (secondary N) is 1. The van der Waals surface area contributed by atoms with Crippen LogP contribution in [0.3, 0.4) is 0 Å². The Balaban J connectivity index is 1.54. The van der Waals surface area contributed by atoms with Gasteiger partial charge in [-0.3, -0.25) is 14.2 Å². The minimum absolute atomic E-state index is 0.101. The third-order valence-electron chi connectivity index (χ3n) is 4.78. The predicted molar refractivity (Wildman–Crippen MR) is 114 cm³/mol. The maximum Gasteiger partial charge on any atom is 0.254 e. The van der Waals surface area contributed by atoms with Crippen LogP contribution in [-0.2, 0) is 16.8 Å². The molecule has 1 aliphatic rings. The highest BCUT2D eigenvalue weighted by Crippen LogP contribution is 2.31. The van der Waals surface area contributed by atoms with Crippen molar-refractivity contribution in [2.45, 2.75) is 44.8 Å². The number of thioether (sulfide) groups is 1.